The Morgan fingerprint density at radius 1 is 1.39 bits per heavy atom. The Kier molecular flexibility index (Phi) is 5.99. The molecule has 1 aliphatic carbocycles. The molecule has 0 heterocycles. The normalized spacial score (nSPS) is 28.9. The summed E-state index contributed by atoms with van der Waals surface area (Å²) in [6.45, 7) is 4.77. The van der Waals surface area contributed by atoms with Crippen LogP contribution in [-0.2, 0) is 9.59 Å². The van der Waals surface area contributed by atoms with Gasteiger partial charge in [0.25, 0.3) is 0 Å². The Bertz CT molecular complexity index is 309. The van der Waals surface area contributed by atoms with Crippen molar-refractivity contribution < 1.29 is 14.7 Å². The van der Waals surface area contributed by atoms with Crippen LogP contribution in [0.15, 0.2) is 0 Å². The number of amides is 1. The number of aliphatic carboxylic acids is 1. The standard InChI is InChI=1S/C13H23NO3S/c1-8-6-10(11(7-8)13(16)17)12(15)14-5-4-9(2)18-3/h8-11H,4-7H2,1-3H3,(H,14,15)(H,16,17)/t8?,9?,10-,11+/m0/s1. The number of carboxylic acid groups (broad SMARTS) is 1. The molecule has 0 aliphatic heterocycles. The Labute approximate surface area is 113 Å². The number of carbonyl (C=O) groups is 2. The van der Waals surface area contributed by atoms with Gasteiger partial charge in [0.15, 0.2) is 0 Å². The van der Waals surface area contributed by atoms with E-state index in [1.807, 2.05) is 13.2 Å². The smallest absolute Gasteiger partial charge is 0.307 e. The van der Waals surface area contributed by atoms with E-state index in [0.29, 0.717) is 30.6 Å². The highest BCUT2D eigenvalue weighted by molar-refractivity contribution is 7.99. The fourth-order valence-electron chi connectivity index (χ4n) is 2.50. The van der Waals surface area contributed by atoms with Crippen molar-refractivity contribution in [3.05, 3.63) is 0 Å². The van der Waals surface area contributed by atoms with Gasteiger partial charge in [-0.15, -0.1) is 0 Å². The number of carboxylic acids is 1. The molecule has 1 aliphatic rings. The van der Waals surface area contributed by atoms with E-state index in [1.54, 1.807) is 11.8 Å². The molecule has 0 radical (unpaired) electrons. The number of hydrogen-bond donors (Lipinski definition) is 2. The number of nitrogens with one attached hydrogen (secondary N) is 1. The number of thioether (sulfide) groups is 1. The van der Waals surface area contributed by atoms with E-state index in [9.17, 15) is 9.59 Å². The van der Waals surface area contributed by atoms with Gasteiger partial charge in [0.05, 0.1) is 11.8 Å². The molecule has 0 aromatic rings. The molecule has 1 amide bonds. The summed E-state index contributed by atoms with van der Waals surface area (Å²) in [5, 5.41) is 12.5. The second kappa shape index (κ2) is 7.02. The van der Waals surface area contributed by atoms with Crippen molar-refractivity contribution in [1.82, 2.24) is 5.32 Å². The predicted octanol–water partition coefficient (Wildman–Crippen LogP) is 1.99. The quantitative estimate of drug-likeness (QED) is 0.776. The number of rotatable bonds is 6. The topological polar surface area (TPSA) is 66.4 Å². The fourth-order valence-corrected chi connectivity index (χ4v) is 2.86. The second-order valence-electron chi connectivity index (χ2n) is 5.25. The molecule has 104 valence electrons. The summed E-state index contributed by atoms with van der Waals surface area (Å²) in [5.41, 5.74) is 0. The maximum atomic E-state index is 12.0. The molecule has 2 N–H and O–H groups in total. The molecule has 18 heavy (non-hydrogen) atoms. The maximum Gasteiger partial charge on any atom is 0.307 e. The van der Waals surface area contributed by atoms with Crippen LogP contribution in [0.1, 0.15) is 33.1 Å². The first-order valence-electron chi connectivity index (χ1n) is 6.49. The average molecular weight is 273 g/mol. The van der Waals surface area contributed by atoms with Gasteiger partial charge in [-0.25, -0.2) is 0 Å². The van der Waals surface area contributed by atoms with Gasteiger partial charge in [0, 0.05) is 11.8 Å². The molecule has 0 spiro atoms. The number of hydrogen-bond acceptors (Lipinski definition) is 3. The second-order valence-corrected chi connectivity index (χ2v) is 6.53. The van der Waals surface area contributed by atoms with E-state index in [1.165, 1.54) is 0 Å². The zero-order chi connectivity index (χ0) is 13.7. The van der Waals surface area contributed by atoms with Crippen molar-refractivity contribution in [3.63, 3.8) is 0 Å². The Balaban J connectivity index is 2.43. The first kappa shape index (κ1) is 15.3. The van der Waals surface area contributed by atoms with Crippen molar-refractivity contribution in [2.75, 3.05) is 12.8 Å². The zero-order valence-electron chi connectivity index (χ0n) is 11.3. The molecule has 5 heteroatoms. The van der Waals surface area contributed by atoms with Gasteiger partial charge in [0.2, 0.25) is 5.91 Å². The summed E-state index contributed by atoms with van der Waals surface area (Å²) in [6.07, 6.45) is 4.29. The largest absolute Gasteiger partial charge is 0.481 e. The van der Waals surface area contributed by atoms with Crippen molar-refractivity contribution in [2.45, 2.75) is 38.4 Å². The van der Waals surface area contributed by atoms with E-state index in [-0.39, 0.29) is 11.8 Å². The van der Waals surface area contributed by atoms with Gasteiger partial charge in [0.1, 0.15) is 0 Å². The van der Waals surface area contributed by atoms with Crippen LogP contribution < -0.4 is 5.32 Å². The zero-order valence-corrected chi connectivity index (χ0v) is 12.1. The summed E-state index contributed by atoms with van der Waals surface area (Å²) >= 11 is 1.77. The molecule has 1 rings (SSSR count). The summed E-state index contributed by atoms with van der Waals surface area (Å²) in [4.78, 5) is 23.1. The van der Waals surface area contributed by atoms with E-state index in [4.69, 9.17) is 5.11 Å². The summed E-state index contributed by atoms with van der Waals surface area (Å²) in [6, 6.07) is 0. The minimum atomic E-state index is -0.836. The third-order valence-corrected chi connectivity index (χ3v) is 4.75. The predicted molar refractivity (Wildman–Crippen MR) is 73.6 cm³/mol. The van der Waals surface area contributed by atoms with Crippen molar-refractivity contribution >= 4 is 23.6 Å². The Morgan fingerprint density at radius 2 is 2.00 bits per heavy atom. The molecule has 0 bridgehead atoms. The van der Waals surface area contributed by atoms with Gasteiger partial charge in [-0.3, -0.25) is 9.59 Å². The van der Waals surface area contributed by atoms with Crippen molar-refractivity contribution in [3.8, 4) is 0 Å². The highest BCUT2D eigenvalue weighted by Crippen LogP contribution is 2.36. The lowest BCUT2D eigenvalue weighted by atomic mass is 9.95. The molecule has 4 atom stereocenters. The lowest BCUT2D eigenvalue weighted by molar-refractivity contribution is -0.146. The first-order valence-corrected chi connectivity index (χ1v) is 7.77. The molecule has 1 fully saturated rings. The van der Waals surface area contributed by atoms with Crippen molar-refractivity contribution in [1.29, 1.82) is 0 Å². The van der Waals surface area contributed by atoms with Crippen LogP contribution in [0.4, 0.5) is 0 Å². The lowest BCUT2D eigenvalue weighted by Gasteiger charge is -2.16. The highest BCUT2D eigenvalue weighted by Gasteiger charge is 2.40. The van der Waals surface area contributed by atoms with Crippen LogP contribution in [0, 0.1) is 17.8 Å². The summed E-state index contributed by atoms with van der Waals surface area (Å²) in [5.74, 6) is -1.44. The van der Waals surface area contributed by atoms with E-state index < -0.39 is 11.9 Å². The van der Waals surface area contributed by atoms with Gasteiger partial charge in [-0.1, -0.05) is 13.8 Å². The Hall–Kier alpha value is -0.710. The SMILES string of the molecule is CSC(C)CCNC(=O)[C@H]1CC(C)C[C@H]1C(=O)O. The molecule has 2 unspecified atom stereocenters. The minimum absolute atomic E-state index is 0.0833. The van der Waals surface area contributed by atoms with Crippen LogP contribution in [0.25, 0.3) is 0 Å². The van der Waals surface area contributed by atoms with Crippen LogP contribution in [0.2, 0.25) is 0 Å². The fraction of sp³-hybridized carbons (Fsp3) is 0.846. The van der Waals surface area contributed by atoms with Gasteiger partial charge < -0.3 is 10.4 Å². The first-order chi connectivity index (χ1) is 8.45. The van der Waals surface area contributed by atoms with Crippen molar-refractivity contribution in [2.24, 2.45) is 17.8 Å². The molecule has 0 aromatic carbocycles. The molecular formula is C13H23NO3S. The Morgan fingerprint density at radius 3 is 2.56 bits per heavy atom. The summed E-state index contributed by atoms with van der Waals surface area (Å²) < 4.78 is 0. The van der Waals surface area contributed by atoms with E-state index in [2.05, 4.69) is 12.2 Å². The van der Waals surface area contributed by atoms with Crippen LogP contribution >= 0.6 is 11.8 Å². The van der Waals surface area contributed by atoms with E-state index in [0.717, 1.165) is 6.42 Å². The van der Waals surface area contributed by atoms with E-state index >= 15 is 0 Å². The number of carbonyl (C=O) groups excluding carboxylic acids is 1. The van der Waals surface area contributed by atoms with Crippen LogP contribution in [0.5, 0.6) is 0 Å². The van der Waals surface area contributed by atoms with Crippen LogP contribution in [0.3, 0.4) is 0 Å². The molecule has 1 saturated carbocycles. The third-order valence-electron chi connectivity index (χ3n) is 3.70. The molecule has 4 nitrogen and oxygen atoms in total. The average Bonchev–Trinajstić information content (AvgIpc) is 2.71. The van der Waals surface area contributed by atoms with Gasteiger partial charge in [-0.05, 0) is 31.4 Å². The van der Waals surface area contributed by atoms with Gasteiger partial charge >= 0.3 is 5.97 Å². The lowest BCUT2D eigenvalue weighted by Crippen LogP contribution is -2.36. The third kappa shape index (κ3) is 4.19. The monoisotopic (exact) mass is 273 g/mol. The minimum Gasteiger partial charge on any atom is -0.481 e. The molecular weight excluding hydrogens is 250 g/mol. The van der Waals surface area contributed by atoms with Crippen LogP contribution in [-0.4, -0.2) is 35.0 Å². The summed E-state index contributed by atoms with van der Waals surface area (Å²) in [7, 11) is 0. The molecule has 0 aromatic heterocycles. The molecule has 0 saturated heterocycles. The van der Waals surface area contributed by atoms with Gasteiger partial charge in [-0.2, -0.15) is 11.8 Å². The maximum absolute atomic E-state index is 12.0. The highest BCUT2D eigenvalue weighted by atomic mass is 32.2.